The number of carbonyl (C=O) groups excluding carboxylic acids is 1. The van der Waals surface area contributed by atoms with E-state index in [0.717, 1.165) is 28.3 Å². The minimum atomic E-state index is -0.798. The van der Waals surface area contributed by atoms with Crippen LogP contribution in [0.4, 0.5) is 5.82 Å². The van der Waals surface area contributed by atoms with Gasteiger partial charge in [-0.05, 0) is 47.5 Å². The number of esters is 1. The molecule has 184 valence electrons. The van der Waals surface area contributed by atoms with Crippen molar-refractivity contribution in [2.75, 3.05) is 18.1 Å². The second kappa shape index (κ2) is 10.2. The quantitative estimate of drug-likeness (QED) is 0.360. The number of benzene rings is 2. The zero-order valence-corrected chi connectivity index (χ0v) is 21.3. The van der Waals surface area contributed by atoms with Crippen LogP contribution >= 0.6 is 0 Å². The minimum absolute atomic E-state index is 0.177. The van der Waals surface area contributed by atoms with Gasteiger partial charge in [-0.2, -0.15) is 0 Å². The van der Waals surface area contributed by atoms with Crippen molar-refractivity contribution in [2.45, 2.75) is 64.7 Å². The number of hydrogen-bond acceptors (Lipinski definition) is 6. The summed E-state index contributed by atoms with van der Waals surface area (Å²) in [7, 11) is 0. The Morgan fingerprint density at radius 3 is 2.06 bits per heavy atom. The number of aromatic nitrogens is 2. The van der Waals surface area contributed by atoms with Gasteiger partial charge in [-0.15, -0.1) is 0 Å². The molecule has 0 aliphatic heterocycles. The number of carbonyl (C=O) groups is 1. The number of ether oxygens (including phenoxy) is 2. The van der Waals surface area contributed by atoms with Crippen molar-refractivity contribution < 1.29 is 14.3 Å². The van der Waals surface area contributed by atoms with Crippen LogP contribution in [0.25, 0.3) is 22.5 Å². The van der Waals surface area contributed by atoms with E-state index < -0.39 is 11.2 Å². The maximum absolute atomic E-state index is 12.6. The maximum Gasteiger partial charge on any atom is 0.338 e. The molecule has 0 radical (unpaired) electrons. The molecule has 3 aromatic rings. The van der Waals surface area contributed by atoms with Gasteiger partial charge < -0.3 is 14.4 Å². The standard InChI is InChI=1S/C29H35N3O3/c1-21(2)32(18-19-34-29(16-17-29)27(33)35-28(3,4)5)24-20-30-25(22-12-8-6-9-13-22)26(31-24)23-14-10-7-11-15-23/h6-15,20-21H,16-19H2,1-5H3. The number of anilines is 1. The van der Waals surface area contributed by atoms with Crippen LogP contribution in [0.2, 0.25) is 0 Å². The van der Waals surface area contributed by atoms with Crippen LogP contribution in [-0.4, -0.2) is 46.3 Å². The normalized spacial score (nSPS) is 14.6. The summed E-state index contributed by atoms with van der Waals surface area (Å²) in [4.78, 5) is 24.7. The Labute approximate surface area is 208 Å². The van der Waals surface area contributed by atoms with E-state index >= 15 is 0 Å². The second-order valence-corrected chi connectivity index (χ2v) is 10.3. The fourth-order valence-corrected chi connectivity index (χ4v) is 3.99. The molecule has 0 unspecified atom stereocenters. The summed E-state index contributed by atoms with van der Waals surface area (Å²) in [6, 6.07) is 20.4. The molecule has 1 aliphatic carbocycles. The van der Waals surface area contributed by atoms with Crippen molar-refractivity contribution >= 4 is 11.8 Å². The highest BCUT2D eigenvalue weighted by Gasteiger charge is 2.54. The lowest BCUT2D eigenvalue weighted by molar-refractivity contribution is -0.171. The smallest absolute Gasteiger partial charge is 0.338 e. The summed E-state index contributed by atoms with van der Waals surface area (Å²) in [5.41, 5.74) is 2.41. The summed E-state index contributed by atoms with van der Waals surface area (Å²) in [6.07, 6.45) is 3.23. The van der Waals surface area contributed by atoms with Crippen LogP contribution in [0.5, 0.6) is 0 Å². The Morgan fingerprint density at radius 1 is 0.971 bits per heavy atom. The van der Waals surface area contributed by atoms with Crippen molar-refractivity contribution in [1.82, 2.24) is 9.97 Å². The molecule has 6 heteroatoms. The third-order valence-corrected chi connectivity index (χ3v) is 5.96. The highest BCUT2D eigenvalue weighted by Crippen LogP contribution is 2.41. The van der Waals surface area contributed by atoms with Gasteiger partial charge in [0.1, 0.15) is 11.4 Å². The molecular weight excluding hydrogens is 438 g/mol. The van der Waals surface area contributed by atoms with Crippen molar-refractivity contribution in [2.24, 2.45) is 0 Å². The average molecular weight is 474 g/mol. The van der Waals surface area contributed by atoms with E-state index in [2.05, 4.69) is 43.0 Å². The van der Waals surface area contributed by atoms with Crippen LogP contribution in [0.1, 0.15) is 47.5 Å². The molecule has 0 saturated heterocycles. The Hall–Kier alpha value is -3.25. The van der Waals surface area contributed by atoms with Gasteiger partial charge in [-0.3, -0.25) is 4.98 Å². The third kappa shape index (κ3) is 6.06. The van der Waals surface area contributed by atoms with Gasteiger partial charge in [0, 0.05) is 23.7 Å². The zero-order chi connectivity index (χ0) is 25.1. The third-order valence-electron chi connectivity index (χ3n) is 5.96. The van der Waals surface area contributed by atoms with E-state index in [1.165, 1.54) is 0 Å². The van der Waals surface area contributed by atoms with Gasteiger partial charge in [0.15, 0.2) is 5.60 Å². The first kappa shape index (κ1) is 24.9. The van der Waals surface area contributed by atoms with Gasteiger partial charge in [0.2, 0.25) is 0 Å². The first-order valence-electron chi connectivity index (χ1n) is 12.3. The van der Waals surface area contributed by atoms with E-state index in [4.69, 9.17) is 19.4 Å². The summed E-state index contributed by atoms with van der Waals surface area (Å²) < 4.78 is 11.7. The van der Waals surface area contributed by atoms with Crippen LogP contribution in [0.15, 0.2) is 66.9 Å². The zero-order valence-electron chi connectivity index (χ0n) is 21.3. The van der Waals surface area contributed by atoms with Crippen molar-refractivity contribution in [3.8, 4) is 22.5 Å². The molecule has 0 amide bonds. The topological polar surface area (TPSA) is 64.5 Å². The van der Waals surface area contributed by atoms with Gasteiger partial charge >= 0.3 is 5.97 Å². The molecule has 2 aromatic carbocycles. The number of nitrogens with zero attached hydrogens (tertiary/aromatic N) is 3. The lowest BCUT2D eigenvalue weighted by Gasteiger charge is -2.29. The van der Waals surface area contributed by atoms with Crippen molar-refractivity contribution in [3.63, 3.8) is 0 Å². The van der Waals surface area contributed by atoms with E-state index in [-0.39, 0.29) is 12.0 Å². The van der Waals surface area contributed by atoms with Crippen LogP contribution in [0, 0.1) is 0 Å². The molecule has 1 aliphatic rings. The first-order chi connectivity index (χ1) is 16.7. The fraction of sp³-hybridized carbons (Fsp3) is 0.414. The summed E-state index contributed by atoms with van der Waals surface area (Å²) >= 11 is 0. The van der Waals surface area contributed by atoms with Crippen molar-refractivity contribution in [1.29, 1.82) is 0 Å². The molecule has 4 rings (SSSR count). The SMILES string of the molecule is CC(C)N(CCOC1(C(=O)OC(C)(C)C)CC1)c1cnc(-c2ccccc2)c(-c2ccccc2)n1. The largest absolute Gasteiger partial charge is 0.458 e. The summed E-state index contributed by atoms with van der Waals surface area (Å²) in [6.45, 7) is 10.9. The van der Waals surface area contributed by atoms with E-state index in [9.17, 15) is 4.79 Å². The molecule has 0 atom stereocenters. The Bertz CT molecular complexity index is 1140. The van der Waals surface area contributed by atoms with E-state index in [1.807, 2.05) is 63.4 Å². The lowest BCUT2D eigenvalue weighted by atomic mass is 10.0. The van der Waals surface area contributed by atoms with Gasteiger partial charge in [0.05, 0.1) is 24.2 Å². The van der Waals surface area contributed by atoms with E-state index in [1.54, 1.807) is 0 Å². The molecule has 1 saturated carbocycles. The number of rotatable bonds is 9. The lowest BCUT2D eigenvalue weighted by Crippen LogP contribution is -2.39. The molecule has 1 fully saturated rings. The minimum Gasteiger partial charge on any atom is -0.458 e. The highest BCUT2D eigenvalue weighted by atomic mass is 16.6. The van der Waals surface area contributed by atoms with Gasteiger partial charge in [-0.25, -0.2) is 9.78 Å². The fourth-order valence-electron chi connectivity index (χ4n) is 3.99. The Morgan fingerprint density at radius 2 is 1.54 bits per heavy atom. The predicted molar refractivity (Wildman–Crippen MR) is 139 cm³/mol. The van der Waals surface area contributed by atoms with Gasteiger partial charge in [-0.1, -0.05) is 60.7 Å². The molecule has 1 aromatic heterocycles. The molecule has 35 heavy (non-hydrogen) atoms. The Balaban J connectivity index is 1.56. The summed E-state index contributed by atoms with van der Waals surface area (Å²) in [5.74, 6) is 0.517. The van der Waals surface area contributed by atoms with Crippen LogP contribution in [0.3, 0.4) is 0 Å². The van der Waals surface area contributed by atoms with Crippen LogP contribution in [-0.2, 0) is 14.3 Å². The molecule has 6 nitrogen and oxygen atoms in total. The average Bonchev–Trinajstić information content (AvgIpc) is 3.63. The molecular formula is C29H35N3O3. The molecule has 0 N–H and O–H groups in total. The molecule has 1 heterocycles. The first-order valence-corrected chi connectivity index (χ1v) is 12.3. The number of hydrogen-bond donors (Lipinski definition) is 0. The molecule has 0 bridgehead atoms. The summed E-state index contributed by atoms with van der Waals surface area (Å²) in [5, 5.41) is 0. The monoisotopic (exact) mass is 473 g/mol. The second-order valence-electron chi connectivity index (χ2n) is 10.3. The van der Waals surface area contributed by atoms with E-state index in [0.29, 0.717) is 26.0 Å². The maximum atomic E-state index is 12.6. The predicted octanol–water partition coefficient (Wildman–Crippen LogP) is 5.92. The highest BCUT2D eigenvalue weighted by molar-refractivity contribution is 5.83. The Kier molecular flexibility index (Phi) is 7.22. The molecule has 0 spiro atoms. The van der Waals surface area contributed by atoms with Gasteiger partial charge in [0.25, 0.3) is 0 Å². The van der Waals surface area contributed by atoms with Crippen molar-refractivity contribution in [3.05, 3.63) is 66.9 Å². The van der Waals surface area contributed by atoms with Crippen LogP contribution < -0.4 is 4.90 Å².